The van der Waals surface area contributed by atoms with E-state index >= 15 is 0 Å². The minimum atomic E-state index is -0.331. The molecular formula is C24H29FN2O2. The lowest BCUT2D eigenvalue weighted by Gasteiger charge is -2.32. The quantitative estimate of drug-likeness (QED) is 0.798. The smallest absolute Gasteiger partial charge is 0.227 e. The maximum Gasteiger partial charge on any atom is 0.227 e. The number of amides is 2. The molecule has 1 heterocycles. The number of hydrogen-bond acceptors (Lipinski definition) is 2. The number of nitrogens with zero attached hydrogens (tertiary/aromatic N) is 1. The van der Waals surface area contributed by atoms with Gasteiger partial charge in [-0.2, -0.15) is 0 Å². The average molecular weight is 397 g/mol. The van der Waals surface area contributed by atoms with Crippen molar-refractivity contribution in [1.82, 2.24) is 4.90 Å². The molecule has 5 heteroatoms. The first-order chi connectivity index (χ1) is 13.8. The average Bonchev–Trinajstić information content (AvgIpc) is 2.69. The van der Waals surface area contributed by atoms with Gasteiger partial charge in [0.1, 0.15) is 5.82 Å². The van der Waals surface area contributed by atoms with Gasteiger partial charge < -0.3 is 10.2 Å². The zero-order valence-corrected chi connectivity index (χ0v) is 17.4. The van der Waals surface area contributed by atoms with E-state index in [-0.39, 0.29) is 30.0 Å². The number of para-hydroxylation sites is 1. The molecule has 0 atom stereocenters. The number of carbonyl (C=O) groups is 2. The van der Waals surface area contributed by atoms with Gasteiger partial charge in [-0.1, -0.05) is 44.2 Å². The predicted molar refractivity (Wildman–Crippen MR) is 113 cm³/mol. The summed E-state index contributed by atoms with van der Waals surface area (Å²) in [5, 5.41) is 3.14. The van der Waals surface area contributed by atoms with Crippen LogP contribution in [0.3, 0.4) is 0 Å². The van der Waals surface area contributed by atoms with Crippen molar-refractivity contribution in [2.24, 2.45) is 5.92 Å². The summed E-state index contributed by atoms with van der Waals surface area (Å²) in [7, 11) is 0. The zero-order chi connectivity index (χ0) is 21.0. The van der Waals surface area contributed by atoms with Crippen LogP contribution < -0.4 is 5.32 Å². The Kier molecular flexibility index (Phi) is 6.68. The number of carbonyl (C=O) groups excluding carboxylic acids is 2. The third-order valence-corrected chi connectivity index (χ3v) is 5.64. The van der Waals surface area contributed by atoms with Crippen LogP contribution in [0.25, 0.3) is 0 Å². The Morgan fingerprint density at radius 1 is 1.14 bits per heavy atom. The molecule has 154 valence electrons. The first-order valence-electron chi connectivity index (χ1n) is 10.3. The van der Waals surface area contributed by atoms with Crippen LogP contribution in [0.5, 0.6) is 0 Å². The van der Waals surface area contributed by atoms with Gasteiger partial charge in [-0.05, 0) is 54.5 Å². The Bertz CT molecular complexity index is 886. The molecule has 3 rings (SSSR count). The molecule has 2 aromatic rings. The molecule has 29 heavy (non-hydrogen) atoms. The Morgan fingerprint density at radius 3 is 2.48 bits per heavy atom. The number of aryl methyl sites for hydroxylation is 1. The SMILES string of the molecule is Cc1cccc(C(C)C)c1NC(=O)C1CCN(C(=O)Cc2cccc(F)c2)CC1. The second-order valence-electron chi connectivity index (χ2n) is 8.14. The van der Waals surface area contributed by atoms with Gasteiger partial charge >= 0.3 is 0 Å². The summed E-state index contributed by atoms with van der Waals surface area (Å²) in [6.45, 7) is 7.35. The molecular weight excluding hydrogens is 367 g/mol. The highest BCUT2D eigenvalue weighted by molar-refractivity contribution is 5.94. The standard InChI is InChI=1S/C24H29FN2O2/c1-16(2)21-9-4-6-17(3)23(21)26-24(29)19-10-12-27(13-11-19)22(28)15-18-7-5-8-20(25)14-18/h4-9,14,16,19H,10-13,15H2,1-3H3,(H,26,29). The van der Waals surface area contributed by atoms with Gasteiger partial charge in [0.05, 0.1) is 6.42 Å². The van der Waals surface area contributed by atoms with Crippen molar-refractivity contribution in [3.05, 3.63) is 65.0 Å². The van der Waals surface area contributed by atoms with E-state index in [0.29, 0.717) is 37.4 Å². The molecule has 1 aliphatic heterocycles. The molecule has 1 saturated heterocycles. The largest absolute Gasteiger partial charge is 0.342 e. The van der Waals surface area contributed by atoms with Gasteiger partial charge in [-0.25, -0.2) is 4.39 Å². The lowest BCUT2D eigenvalue weighted by atomic mass is 9.94. The minimum Gasteiger partial charge on any atom is -0.342 e. The Labute approximate surface area is 172 Å². The molecule has 1 N–H and O–H groups in total. The topological polar surface area (TPSA) is 49.4 Å². The summed E-state index contributed by atoms with van der Waals surface area (Å²) >= 11 is 0. The molecule has 0 radical (unpaired) electrons. The molecule has 0 aliphatic carbocycles. The molecule has 1 fully saturated rings. The number of halogens is 1. The fourth-order valence-corrected chi connectivity index (χ4v) is 3.89. The van der Waals surface area contributed by atoms with Crippen molar-refractivity contribution < 1.29 is 14.0 Å². The van der Waals surface area contributed by atoms with Gasteiger partial charge in [-0.3, -0.25) is 9.59 Å². The fraction of sp³-hybridized carbons (Fsp3) is 0.417. The molecule has 2 aromatic carbocycles. The number of nitrogens with one attached hydrogen (secondary N) is 1. The maximum atomic E-state index is 13.3. The summed E-state index contributed by atoms with van der Waals surface area (Å²) in [4.78, 5) is 27.1. The third-order valence-electron chi connectivity index (χ3n) is 5.64. The number of anilines is 1. The number of benzene rings is 2. The minimum absolute atomic E-state index is 0.0181. The summed E-state index contributed by atoms with van der Waals surface area (Å²) in [6, 6.07) is 12.2. The van der Waals surface area contributed by atoms with Crippen LogP contribution in [-0.2, 0) is 16.0 Å². The summed E-state index contributed by atoms with van der Waals surface area (Å²) in [5.41, 5.74) is 3.79. The Morgan fingerprint density at radius 2 is 1.83 bits per heavy atom. The van der Waals surface area contributed by atoms with Gasteiger partial charge in [0, 0.05) is 24.7 Å². The summed E-state index contributed by atoms with van der Waals surface area (Å²) in [5.74, 6) is -0.100. The van der Waals surface area contributed by atoms with E-state index in [9.17, 15) is 14.0 Å². The van der Waals surface area contributed by atoms with Crippen LogP contribution >= 0.6 is 0 Å². The molecule has 4 nitrogen and oxygen atoms in total. The number of likely N-dealkylation sites (tertiary alicyclic amines) is 1. The number of hydrogen-bond donors (Lipinski definition) is 1. The maximum absolute atomic E-state index is 13.3. The Hall–Kier alpha value is -2.69. The second kappa shape index (κ2) is 9.21. The zero-order valence-electron chi connectivity index (χ0n) is 17.4. The van der Waals surface area contributed by atoms with E-state index in [4.69, 9.17) is 0 Å². The van der Waals surface area contributed by atoms with Gasteiger partial charge in [0.15, 0.2) is 0 Å². The lowest BCUT2D eigenvalue weighted by Crippen LogP contribution is -2.42. The van der Waals surface area contributed by atoms with E-state index in [2.05, 4.69) is 25.2 Å². The highest BCUT2D eigenvalue weighted by atomic mass is 19.1. The molecule has 0 saturated carbocycles. The molecule has 0 unspecified atom stereocenters. The van der Waals surface area contributed by atoms with E-state index in [1.54, 1.807) is 17.0 Å². The van der Waals surface area contributed by atoms with Crippen molar-refractivity contribution in [3.63, 3.8) is 0 Å². The number of rotatable bonds is 5. The monoisotopic (exact) mass is 396 g/mol. The Balaban J connectivity index is 1.57. The lowest BCUT2D eigenvalue weighted by molar-refractivity contribution is -0.133. The first-order valence-corrected chi connectivity index (χ1v) is 10.3. The van der Waals surface area contributed by atoms with Crippen LogP contribution in [0.4, 0.5) is 10.1 Å². The van der Waals surface area contributed by atoms with Crippen LogP contribution in [0.2, 0.25) is 0 Å². The highest BCUT2D eigenvalue weighted by Crippen LogP contribution is 2.29. The number of piperidine rings is 1. The molecule has 0 aromatic heterocycles. The molecule has 2 amide bonds. The van der Waals surface area contributed by atoms with Crippen molar-refractivity contribution in [2.75, 3.05) is 18.4 Å². The molecule has 1 aliphatic rings. The van der Waals surface area contributed by atoms with E-state index in [0.717, 1.165) is 16.8 Å². The van der Waals surface area contributed by atoms with E-state index in [1.165, 1.54) is 12.1 Å². The van der Waals surface area contributed by atoms with Crippen LogP contribution in [0.15, 0.2) is 42.5 Å². The van der Waals surface area contributed by atoms with Crippen molar-refractivity contribution in [2.45, 2.75) is 46.0 Å². The predicted octanol–water partition coefficient (Wildman–Crippen LogP) is 4.68. The summed E-state index contributed by atoms with van der Waals surface area (Å²) < 4.78 is 13.3. The van der Waals surface area contributed by atoms with Crippen molar-refractivity contribution >= 4 is 17.5 Å². The normalized spacial score (nSPS) is 14.9. The van der Waals surface area contributed by atoms with E-state index in [1.807, 2.05) is 19.1 Å². The second-order valence-corrected chi connectivity index (χ2v) is 8.14. The van der Waals surface area contributed by atoms with Gasteiger partial charge in [-0.15, -0.1) is 0 Å². The summed E-state index contributed by atoms with van der Waals surface area (Å²) in [6.07, 6.45) is 1.48. The van der Waals surface area contributed by atoms with Gasteiger partial charge in [0.25, 0.3) is 0 Å². The third kappa shape index (κ3) is 5.22. The van der Waals surface area contributed by atoms with Gasteiger partial charge in [0.2, 0.25) is 11.8 Å². The van der Waals surface area contributed by atoms with Crippen molar-refractivity contribution in [1.29, 1.82) is 0 Å². The van der Waals surface area contributed by atoms with Crippen LogP contribution in [-0.4, -0.2) is 29.8 Å². The van der Waals surface area contributed by atoms with Crippen LogP contribution in [0.1, 0.15) is 49.3 Å². The molecule has 0 spiro atoms. The van der Waals surface area contributed by atoms with Crippen molar-refractivity contribution in [3.8, 4) is 0 Å². The van der Waals surface area contributed by atoms with Crippen LogP contribution in [0, 0.1) is 18.7 Å². The van der Waals surface area contributed by atoms with E-state index < -0.39 is 0 Å². The fourth-order valence-electron chi connectivity index (χ4n) is 3.89. The molecule has 0 bridgehead atoms. The highest BCUT2D eigenvalue weighted by Gasteiger charge is 2.28. The first kappa shape index (κ1) is 21.0.